The second-order valence-corrected chi connectivity index (χ2v) is 4.88. The molecule has 0 aromatic heterocycles. The van der Waals surface area contributed by atoms with Crippen molar-refractivity contribution in [1.29, 1.82) is 5.26 Å². The molecule has 0 atom stereocenters. The van der Waals surface area contributed by atoms with Gasteiger partial charge in [-0.25, -0.2) is 17.9 Å². The van der Waals surface area contributed by atoms with Crippen molar-refractivity contribution in [2.24, 2.45) is 0 Å². The highest BCUT2D eigenvalue weighted by atomic mass is 32.2. The van der Waals surface area contributed by atoms with Crippen LogP contribution in [-0.4, -0.2) is 21.6 Å². The molecule has 0 spiro atoms. The number of nitrogens with zero attached hydrogens (tertiary/aromatic N) is 1. The number of carbonyl (C=O) groups is 1. The van der Waals surface area contributed by atoms with Crippen LogP contribution in [0.4, 0.5) is 4.79 Å². The number of nitriles is 1. The standard InChI is InChI=1S/C10H10N2O4S/c1-16-10(13)12-17(14,15)7-9-4-2-8(6-11)3-5-9/h2-5H,7H2,1H3,(H,12,13). The lowest BCUT2D eigenvalue weighted by molar-refractivity contribution is 0.177. The topological polar surface area (TPSA) is 96.3 Å². The minimum Gasteiger partial charge on any atom is -0.452 e. The predicted octanol–water partition coefficient (Wildman–Crippen LogP) is 0.744. The summed E-state index contributed by atoms with van der Waals surface area (Å²) in [5.41, 5.74) is 0.910. The summed E-state index contributed by atoms with van der Waals surface area (Å²) in [5.74, 6) is -0.353. The minimum atomic E-state index is -3.77. The molecule has 0 aliphatic heterocycles. The number of amides is 1. The molecule has 0 radical (unpaired) electrons. The van der Waals surface area contributed by atoms with Crippen LogP contribution in [-0.2, 0) is 20.5 Å². The van der Waals surface area contributed by atoms with Gasteiger partial charge in [-0.15, -0.1) is 0 Å². The van der Waals surface area contributed by atoms with Crippen molar-refractivity contribution in [1.82, 2.24) is 4.72 Å². The number of sulfonamides is 1. The van der Waals surface area contributed by atoms with Crippen LogP contribution in [0.1, 0.15) is 11.1 Å². The summed E-state index contributed by atoms with van der Waals surface area (Å²) in [4.78, 5) is 10.8. The number of carbonyl (C=O) groups excluding carboxylic acids is 1. The van der Waals surface area contributed by atoms with Gasteiger partial charge in [0.25, 0.3) is 0 Å². The van der Waals surface area contributed by atoms with Gasteiger partial charge in [0.05, 0.1) is 24.5 Å². The van der Waals surface area contributed by atoms with Crippen molar-refractivity contribution in [2.75, 3.05) is 7.11 Å². The average Bonchev–Trinajstić information content (AvgIpc) is 2.28. The quantitative estimate of drug-likeness (QED) is 0.858. The molecule has 1 rings (SSSR count). The fourth-order valence-corrected chi connectivity index (χ4v) is 2.14. The van der Waals surface area contributed by atoms with Gasteiger partial charge in [-0.05, 0) is 17.7 Å². The summed E-state index contributed by atoms with van der Waals surface area (Å²) < 4.78 is 28.8. The Labute approximate surface area is 98.9 Å². The number of hydrogen-bond donors (Lipinski definition) is 1. The van der Waals surface area contributed by atoms with Crippen LogP contribution >= 0.6 is 0 Å². The number of rotatable bonds is 3. The van der Waals surface area contributed by atoms with Gasteiger partial charge in [-0.2, -0.15) is 5.26 Å². The zero-order valence-electron chi connectivity index (χ0n) is 9.00. The molecule has 1 aromatic rings. The van der Waals surface area contributed by atoms with Gasteiger partial charge in [0, 0.05) is 0 Å². The van der Waals surface area contributed by atoms with Crippen LogP contribution in [0.15, 0.2) is 24.3 Å². The SMILES string of the molecule is COC(=O)NS(=O)(=O)Cc1ccc(C#N)cc1. The molecule has 7 heteroatoms. The molecular formula is C10H10N2O4S. The maximum Gasteiger partial charge on any atom is 0.420 e. The Morgan fingerprint density at radius 1 is 1.41 bits per heavy atom. The third-order valence-corrected chi connectivity index (χ3v) is 3.05. The van der Waals surface area contributed by atoms with E-state index in [0.29, 0.717) is 11.1 Å². The van der Waals surface area contributed by atoms with E-state index in [4.69, 9.17) is 5.26 Å². The van der Waals surface area contributed by atoms with Gasteiger partial charge in [-0.1, -0.05) is 12.1 Å². The van der Waals surface area contributed by atoms with E-state index < -0.39 is 16.1 Å². The summed E-state index contributed by atoms with van der Waals surface area (Å²) in [7, 11) is -2.70. The van der Waals surface area contributed by atoms with E-state index in [1.54, 1.807) is 4.72 Å². The third-order valence-electron chi connectivity index (χ3n) is 1.86. The van der Waals surface area contributed by atoms with Crippen molar-refractivity contribution < 1.29 is 17.9 Å². The maximum absolute atomic E-state index is 11.4. The first kappa shape index (κ1) is 13.0. The fourth-order valence-electron chi connectivity index (χ4n) is 1.10. The van der Waals surface area contributed by atoms with Crippen LogP contribution in [0.3, 0.4) is 0 Å². The van der Waals surface area contributed by atoms with E-state index in [0.717, 1.165) is 7.11 Å². The number of benzene rings is 1. The monoisotopic (exact) mass is 254 g/mol. The highest BCUT2D eigenvalue weighted by Gasteiger charge is 2.15. The highest BCUT2D eigenvalue weighted by molar-refractivity contribution is 7.89. The molecule has 0 bridgehead atoms. The van der Waals surface area contributed by atoms with Gasteiger partial charge in [0.1, 0.15) is 0 Å². The summed E-state index contributed by atoms with van der Waals surface area (Å²) in [5, 5.41) is 8.57. The molecule has 6 nitrogen and oxygen atoms in total. The van der Waals surface area contributed by atoms with Crippen molar-refractivity contribution >= 4 is 16.1 Å². The van der Waals surface area contributed by atoms with Crippen LogP contribution in [0, 0.1) is 11.3 Å². The Hall–Kier alpha value is -2.07. The summed E-state index contributed by atoms with van der Waals surface area (Å²) in [6, 6.07) is 7.94. The highest BCUT2D eigenvalue weighted by Crippen LogP contribution is 2.07. The molecule has 0 heterocycles. The predicted molar refractivity (Wildman–Crippen MR) is 59.3 cm³/mol. The van der Waals surface area contributed by atoms with Crippen molar-refractivity contribution in [3.05, 3.63) is 35.4 Å². The molecule has 0 unspecified atom stereocenters. The lowest BCUT2D eigenvalue weighted by Gasteiger charge is -2.05. The van der Waals surface area contributed by atoms with E-state index in [9.17, 15) is 13.2 Å². The van der Waals surface area contributed by atoms with Gasteiger partial charge in [0.15, 0.2) is 0 Å². The Kier molecular flexibility index (Phi) is 4.06. The molecule has 90 valence electrons. The van der Waals surface area contributed by atoms with E-state index >= 15 is 0 Å². The Balaban J connectivity index is 2.77. The van der Waals surface area contributed by atoms with E-state index in [1.165, 1.54) is 24.3 Å². The number of ether oxygens (including phenoxy) is 1. The van der Waals surface area contributed by atoms with E-state index in [1.807, 2.05) is 6.07 Å². The Bertz CT molecular complexity index is 543. The van der Waals surface area contributed by atoms with E-state index in [2.05, 4.69) is 4.74 Å². The van der Waals surface area contributed by atoms with Crippen LogP contribution in [0.5, 0.6) is 0 Å². The zero-order chi connectivity index (χ0) is 12.9. The van der Waals surface area contributed by atoms with E-state index in [-0.39, 0.29) is 5.75 Å². The minimum absolute atomic E-state index is 0.353. The third kappa shape index (κ3) is 4.12. The molecular weight excluding hydrogens is 244 g/mol. The van der Waals surface area contributed by atoms with Crippen LogP contribution in [0.2, 0.25) is 0 Å². The van der Waals surface area contributed by atoms with Gasteiger partial charge in [-0.3, -0.25) is 0 Å². The van der Waals surface area contributed by atoms with Crippen LogP contribution in [0.25, 0.3) is 0 Å². The van der Waals surface area contributed by atoms with Gasteiger partial charge >= 0.3 is 6.09 Å². The average molecular weight is 254 g/mol. The number of hydrogen-bond acceptors (Lipinski definition) is 5. The number of nitrogens with one attached hydrogen (secondary N) is 1. The Morgan fingerprint density at radius 3 is 2.47 bits per heavy atom. The first-order chi connectivity index (χ1) is 7.96. The maximum atomic E-state index is 11.4. The first-order valence-corrected chi connectivity index (χ1v) is 6.19. The van der Waals surface area contributed by atoms with Crippen LogP contribution < -0.4 is 4.72 Å². The second kappa shape index (κ2) is 5.32. The lowest BCUT2D eigenvalue weighted by Crippen LogP contribution is -2.31. The molecule has 17 heavy (non-hydrogen) atoms. The largest absolute Gasteiger partial charge is 0.452 e. The summed E-state index contributed by atoms with van der Waals surface area (Å²) in [6.07, 6.45) is -1.03. The molecule has 1 amide bonds. The van der Waals surface area contributed by atoms with Crippen molar-refractivity contribution in [2.45, 2.75) is 5.75 Å². The second-order valence-electron chi connectivity index (χ2n) is 3.16. The molecule has 0 aliphatic carbocycles. The first-order valence-electron chi connectivity index (χ1n) is 4.54. The Morgan fingerprint density at radius 2 is 2.00 bits per heavy atom. The smallest absolute Gasteiger partial charge is 0.420 e. The van der Waals surface area contributed by atoms with Gasteiger partial charge in [0.2, 0.25) is 10.0 Å². The molecule has 0 saturated heterocycles. The molecule has 0 saturated carbocycles. The summed E-state index contributed by atoms with van der Waals surface area (Å²) in [6.45, 7) is 0. The molecule has 1 N–H and O–H groups in total. The molecule has 0 fully saturated rings. The van der Waals surface area contributed by atoms with Gasteiger partial charge < -0.3 is 4.74 Å². The zero-order valence-corrected chi connectivity index (χ0v) is 9.82. The molecule has 1 aromatic carbocycles. The molecule has 0 aliphatic rings. The fraction of sp³-hybridized carbons (Fsp3) is 0.200. The number of methoxy groups -OCH3 is 1. The lowest BCUT2D eigenvalue weighted by atomic mass is 10.2. The normalized spacial score (nSPS) is 10.4. The van der Waals surface area contributed by atoms with Crippen molar-refractivity contribution in [3.63, 3.8) is 0 Å². The summed E-state index contributed by atoms with van der Waals surface area (Å²) >= 11 is 0. The van der Waals surface area contributed by atoms with Crippen molar-refractivity contribution in [3.8, 4) is 6.07 Å².